The zero-order valence-corrected chi connectivity index (χ0v) is 11.4. The molecule has 1 heterocycles. The lowest BCUT2D eigenvalue weighted by atomic mass is 10.3. The van der Waals surface area contributed by atoms with Crippen LogP contribution in [0.1, 0.15) is 16.7 Å². The number of aliphatic carboxylic acids is 1. The van der Waals surface area contributed by atoms with Crippen LogP contribution in [0.25, 0.3) is 0 Å². The number of thiophene rings is 1. The summed E-state index contributed by atoms with van der Waals surface area (Å²) in [6.45, 7) is 3.52. The van der Waals surface area contributed by atoms with Crippen molar-refractivity contribution in [2.24, 2.45) is 0 Å². The Labute approximate surface area is 110 Å². The highest BCUT2D eigenvalue weighted by molar-refractivity contribution is 7.12. The molecule has 0 spiro atoms. The first-order valence-electron chi connectivity index (χ1n) is 5.77. The van der Waals surface area contributed by atoms with Crippen molar-refractivity contribution in [2.75, 3.05) is 20.1 Å². The fraction of sp³-hybridized carbons (Fsp3) is 0.500. The summed E-state index contributed by atoms with van der Waals surface area (Å²) in [6, 6.07) is 3.71. The molecule has 0 atom stereocenters. The number of nitrogens with one attached hydrogen (secondary N) is 1. The van der Waals surface area contributed by atoms with E-state index in [1.807, 2.05) is 19.1 Å². The Balaban J connectivity index is 2.33. The lowest BCUT2D eigenvalue weighted by molar-refractivity contribution is -0.136. The van der Waals surface area contributed by atoms with E-state index in [4.69, 9.17) is 5.11 Å². The van der Waals surface area contributed by atoms with Crippen molar-refractivity contribution in [3.8, 4) is 0 Å². The molecule has 2 N–H and O–H groups in total. The summed E-state index contributed by atoms with van der Waals surface area (Å²) in [5.41, 5.74) is 0. The van der Waals surface area contributed by atoms with Crippen molar-refractivity contribution in [2.45, 2.75) is 19.9 Å². The molecular weight excluding hydrogens is 252 g/mol. The first-order valence-corrected chi connectivity index (χ1v) is 6.58. The number of carbonyl (C=O) groups excluding carboxylic acids is 1. The summed E-state index contributed by atoms with van der Waals surface area (Å²) in [5, 5.41) is 11.7. The van der Waals surface area contributed by atoms with Crippen LogP contribution in [0.15, 0.2) is 12.1 Å². The first-order chi connectivity index (χ1) is 8.52. The molecule has 18 heavy (non-hydrogen) atoms. The van der Waals surface area contributed by atoms with E-state index in [0.717, 1.165) is 9.75 Å². The molecule has 0 unspecified atom stereocenters. The molecular formula is C12H18N2O3S. The van der Waals surface area contributed by atoms with Gasteiger partial charge >= 0.3 is 5.97 Å². The molecule has 0 fully saturated rings. The Hall–Kier alpha value is -1.40. The number of hydrogen-bond donors (Lipinski definition) is 2. The maximum absolute atomic E-state index is 11.5. The summed E-state index contributed by atoms with van der Waals surface area (Å²) < 4.78 is 0. The van der Waals surface area contributed by atoms with Gasteiger partial charge in [0.2, 0.25) is 5.91 Å². The van der Waals surface area contributed by atoms with E-state index in [1.54, 1.807) is 11.9 Å². The number of likely N-dealkylation sites (N-methyl/N-ethyl adjacent to an activating group) is 1. The zero-order chi connectivity index (χ0) is 13.5. The largest absolute Gasteiger partial charge is 0.481 e. The minimum Gasteiger partial charge on any atom is -0.481 e. The van der Waals surface area contributed by atoms with E-state index in [9.17, 15) is 9.59 Å². The molecule has 6 heteroatoms. The third kappa shape index (κ3) is 4.85. The fourth-order valence-electron chi connectivity index (χ4n) is 1.37. The van der Waals surface area contributed by atoms with Crippen LogP contribution in [0.4, 0.5) is 0 Å². The summed E-state index contributed by atoms with van der Waals surface area (Å²) >= 11 is 1.46. The molecule has 0 aromatic carbocycles. The van der Waals surface area contributed by atoms with Gasteiger partial charge < -0.3 is 15.3 Å². The van der Waals surface area contributed by atoms with Gasteiger partial charge in [-0.2, -0.15) is 0 Å². The lowest BCUT2D eigenvalue weighted by Crippen LogP contribution is -2.34. The van der Waals surface area contributed by atoms with Gasteiger partial charge in [-0.3, -0.25) is 9.59 Å². The summed E-state index contributed by atoms with van der Waals surface area (Å²) in [4.78, 5) is 25.6. The Kier molecular flexibility index (Phi) is 5.80. The van der Waals surface area contributed by atoms with Gasteiger partial charge in [0.25, 0.3) is 0 Å². The van der Waals surface area contributed by atoms with Gasteiger partial charge in [-0.25, -0.2) is 0 Å². The highest BCUT2D eigenvalue weighted by Crippen LogP contribution is 2.16. The molecule has 5 nitrogen and oxygen atoms in total. The molecule has 0 saturated heterocycles. The topological polar surface area (TPSA) is 69.6 Å². The molecule has 0 bridgehead atoms. The van der Waals surface area contributed by atoms with Gasteiger partial charge in [0.05, 0.1) is 13.0 Å². The Bertz CT molecular complexity index is 417. The number of amides is 1. The number of carbonyl (C=O) groups is 2. The van der Waals surface area contributed by atoms with Crippen LogP contribution in [-0.4, -0.2) is 42.0 Å². The van der Waals surface area contributed by atoms with Gasteiger partial charge in [0.1, 0.15) is 0 Å². The molecule has 0 radical (unpaired) electrons. The number of rotatable bonds is 7. The normalized spacial score (nSPS) is 10.3. The van der Waals surface area contributed by atoms with Gasteiger partial charge in [0.15, 0.2) is 0 Å². The average molecular weight is 270 g/mol. The Morgan fingerprint density at radius 3 is 2.67 bits per heavy atom. The van der Waals surface area contributed by atoms with Crippen LogP contribution in [0.2, 0.25) is 0 Å². The van der Waals surface area contributed by atoms with Crippen LogP contribution < -0.4 is 5.32 Å². The van der Waals surface area contributed by atoms with Crippen molar-refractivity contribution in [3.63, 3.8) is 0 Å². The van der Waals surface area contributed by atoms with Gasteiger partial charge in [-0.05, 0) is 19.1 Å². The highest BCUT2D eigenvalue weighted by Gasteiger charge is 2.07. The monoisotopic (exact) mass is 270 g/mol. The van der Waals surface area contributed by atoms with Crippen molar-refractivity contribution in [3.05, 3.63) is 21.9 Å². The second-order valence-corrected chi connectivity index (χ2v) is 5.20. The Morgan fingerprint density at radius 2 is 2.06 bits per heavy atom. The van der Waals surface area contributed by atoms with E-state index in [1.165, 1.54) is 11.3 Å². The molecule has 1 aromatic heterocycles. The van der Waals surface area contributed by atoms with Crippen molar-refractivity contribution >= 4 is 23.2 Å². The summed E-state index contributed by atoms with van der Waals surface area (Å²) in [5.74, 6) is -0.768. The van der Waals surface area contributed by atoms with Gasteiger partial charge in [-0.1, -0.05) is 0 Å². The quantitative estimate of drug-likeness (QED) is 0.774. The second-order valence-electron chi connectivity index (χ2n) is 3.95. The van der Waals surface area contributed by atoms with Crippen LogP contribution in [0.5, 0.6) is 0 Å². The van der Waals surface area contributed by atoms with Gasteiger partial charge in [0, 0.05) is 29.9 Å². The smallest absolute Gasteiger partial charge is 0.308 e. The molecule has 0 aliphatic carbocycles. The van der Waals surface area contributed by atoms with Crippen molar-refractivity contribution < 1.29 is 14.7 Å². The lowest BCUT2D eigenvalue weighted by Gasteiger charge is -2.14. The molecule has 0 aliphatic rings. The molecule has 0 aliphatic heterocycles. The van der Waals surface area contributed by atoms with E-state index < -0.39 is 5.97 Å². The second kappa shape index (κ2) is 7.13. The van der Waals surface area contributed by atoms with Crippen LogP contribution >= 0.6 is 11.3 Å². The van der Waals surface area contributed by atoms with Crippen LogP contribution in [-0.2, 0) is 22.6 Å². The van der Waals surface area contributed by atoms with Gasteiger partial charge in [-0.15, -0.1) is 11.3 Å². The van der Waals surface area contributed by atoms with Crippen LogP contribution in [0.3, 0.4) is 0 Å². The minimum absolute atomic E-state index is 0.0554. The predicted octanol–water partition coefficient (Wildman–Crippen LogP) is 0.943. The highest BCUT2D eigenvalue weighted by atomic mass is 32.1. The SMILES string of the molecule is CCN(C)C(=O)CNCc1ccc(CC(=O)O)s1. The predicted molar refractivity (Wildman–Crippen MR) is 70.7 cm³/mol. The molecule has 1 aromatic rings. The minimum atomic E-state index is -0.823. The zero-order valence-electron chi connectivity index (χ0n) is 10.6. The molecule has 100 valence electrons. The molecule has 0 saturated carbocycles. The third-order valence-electron chi connectivity index (χ3n) is 2.52. The van der Waals surface area contributed by atoms with Crippen LogP contribution in [0, 0.1) is 0 Å². The summed E-state index contributed by atoms with van der Waals surface area (Å²) in [6.07, 6.45) is 0.0577. The number of carboxylic acids is 1. The first kappa shape index (κ1) is 14.7. The number of hydrogen-bond acceptors (Lipinski definition) is 4. The third-order valence-corrected chi connectivity index (χ3v) is 3.60. The average Bonchev–Trinajstić information content (AvgIpc) is 2.74. The maximum atomic E-state index is 11.5. The number of carboxylic acid groups (broad SMARTS) is 1. The van der Waals surface area contributed by atoms with E-state index >= 15 is 0 Å². The van der Waals surface area contributed by atoms with E-state index in [-0.39, 0.29) is 12.3 Å². The van der Waals surface area contributed by atoms with E-state index in [2.05, 4.69) is 5.32 Å². The molecule has 1 rings (SSSR count). The molecule has 1 amide bonds. The fourth-order valence-corrected chi connectivity index (χ4v) is 2.34. The number of nitrogens with zero attached hydrogens (tertiary/aromatic N) is 1. The van der Waals surface area contributed by atoms with Crippen molar-refractivity contribution in [1.82, 2.24) is 10.2 Å². The van der Waals surface area contributed by atoms with E-state index in [0.29, 0.717) is 19.6 Å². The summed E-state index contributed by atoms with van der Waals surface area (Å²) in [7, 11) is 1.76. The maximum Gasteiger partial charge on any atom is 0.308 e. The van der Waals surface area contributed by atoms with Crippen molar-refractivity contribution in [1.29, 1.82) is 0 Å². The Morgan fingerprint density at radius 1 is 1.39 bits per heavy atom. The standard InChI is InChI=1S/C12H18N2O3S/c1-3-14(2)11(15)8-13-7-10-5-4-9(18-10)6-12(16)17/h4-5,13H,3,6-8H2,1-2H3,(H,16,17).